The first-order valence-corrected chi connectivity index (χ1v) is 24.4. The van der Waals surface area contributed by atoms with Gasteiger partial charge in [-0.1, -0.05) is 105 Å². The first-order chi connectivity index (χ1) is 31.8. The van der Waals surface area contributed by atoms with Crippen LogP contribution in [0.5, 0.6) is 0 Å². The van der Waals surface area contributed by atoms with Crippen LogP contribution < -0.4 is 16.0 Å². The number of anilines is 1. The van der Waals surface area contributed by atoms with Gasteiger partial charge in [0.25, 0.3) is 0 Å². The standard InChI is InChI=1S/C52H84N6O9/c1-15-17-19-37-21-25-39(26-22-37)47(60)36(9)54-49(61)35(8)48(66-14)41-20-18-29-58(41)43(59)30-42(65-13)46(34(7)16-2)56(11)51(63)44(32(3)4)55-50(62)45(33(5)6)57(12)52(64)67-31-38-23-27-40(53-10)28-24-38/h21-28,32-36,41-42,44-48,53,60H,15-20,29-31H2,1-14H3,(H,54,61)(H,55,62)/t34-,35+,36+,41-,42+,44-,45-,46-,47+,48+/m0/s1. The molecular formula is C52H84N6O9. The third kappa shape index (κ3) is 15.4. The van der Waals surface area contributed by atoms with Crippen LogP contribution in [0.15, 0.2) is 48.5 Å². The number of nitrogens with zero attached hydrogens (tertiary/aromatic N) is 3. The number of benzene rings is 2. The van der Waals surface area contributed by atoms with E-state index in [0.717, 1.165) is 42.5 Å². The molecule has 376 valence electrons. The van der Waals surface area contributed by atoms with Gasteiger partial charge in [0.15, 0.2) is 0 Å². The second-order valence-electron chi connectivity index (χ2n) is 19.2. The lowest BCUT2D eigenvalue weighted by Crippen LogP contribution is -2.60. The minimum Gasteiger partial charge on any atom is -0.445 e. The van der Waals surface area contributed by atoms with Gasteiger partial charge in [-0.15, -0.1) is 0 Å². The van der Waals surface area contributed by atoms with Crippen molar-refractivity contribution >= 4 is 35.4 Å². The number of likely N-dealkylation sites (N-methyl/N-ethyl adjacent to an activating group) is 2. The minimum atomic E-state index is -0.952. The Morgan fingerprint density at radius 3 is 1.99 bits per heavy atom. The number of nitrogens with one attached hydrogen (secondary N) is 3. The summed E-state index contributed by atoms with van der Waals surface area (Å²) >= 11 is 0. The van der Waals surface area contributed by atoms with E-state index < -0.39 is 60.4 Å². The Bertz CT molecular complexity index is 1860. The van der Waals surface area contributed by atoms with Crippen LogP contribution in [0.2, 0.25) is 0 Å². The molecule has 0 saturated carbocycles. The number of hydrogen-bond acceptors (Lipinski definition) is 10. The monoisotopic (exact) mass is 937 g/mol. The molecule has 0 bridgehead atoms. The van der Waals surface area contributed by atoms with Gasteiger partial charge >= 0.3 is 6.09 Å². The molecule has 0 aliphatic carbocycles. The number of rotatable bonds is 26. The van der Waals surface area contributed by atoms with Crippen molar-refractivity contribution in [2.24, 2.45) is 23.7 Å². The molecule has 5 amide bonds. The summed E-state index contributed by atoms with van der Waals surface area (Å²) in [5.74, 6) is -2.67. The topological polar surface area (TPSA) is 179 Å². The van der Waals surface area contributed by atoms with Gasteiger partial charge in [0.1, 0.15) is 18.7 Å². The number of methoxy groups -OCH3 is 2. The normalized spacial score (nSPS) is 17.9. The van der Waals surface area contributed by atoms with Crippen molar-refractivity contribution in [2.75, 3.05) is 47.2 Å². The zero-order valence-corrected chi connectivity index (χ0v) is 43.0. The van der Waals surface area contributed by atoms with Crippen LogP contribution in [0.3, 0.4) is 0 Å². The summed E-state index contributed by atoms with van der Waals surface area (Å²) in [6.07, 6.45) is 2.30. The minimum absolute atomic E-state index is 0.0277. The second kappa shape index (κ2) is 27.3. The lowest BCUT2D eigenvalue weighted by molar-refractivity contribution is -0.148. The molecule has 1 aliphatic heterocycles. The van der Waals surface area contributed by atoms with Crippen molar-refractivity contribution in [2.45, 2.75) is 162 Å². The Morgan fingerprint density at radius 1 is 0.821 bits per heavy atom. The number of aryl methyl sites for hydroxylation is 1. The highest BCUT2D eigenvalue weighted by molar-refractivity contribution is 5.92. The molecule has 3 rings (SSSR count). The summed E-state index contributed by atoms with van der Waals surface area (Å²) < 4.78 is 17.6. The maximum atomic E-state index is 14.6. The van der Waals surface area contributed by atoms with E-state index in [1.165, 1.54) is 24.6 Å². The van der Waals surface area contributed by atoms with E-state index in [1.807, 2.05) is 97.1 Å². The average Bonchev–Trinajstić information content (AvgIpc) is 3.80. The second-order valence-corrected chi connectivity index (χ2v) is 19.2. The van der Waals surface area contributed by atoms with Crippen LogP contribution in [0.4, 0.5) is 10.5 Å². The van der Waals surface area contributed by atoms with Crippen molar-refractivity contribution < 1.29 is 43.3 Å². The largest absolute Gasteiger partial charge is 0.445 e. The van der Waals surface area contributed by atoms with E-state index in [0.29, 0.717) is 19.4 Å². The SMILES string of the molecule is CCCCc1ccc([C@H](O)[C@@H](C)NC(=O)[C@H](C)[C@@H](OC)[C@@H]2CCCN2C(=O)C[C@@H](OC)[C@H]([C@@H](C)CC)N(C)C(=O)[C@@H](NC(=O)[C@H](C(C)C)N(C)C(=O)OCc2ccc(NC)cc2)C(C)C)cc1. The van der Waals surface area contributed by atoms with E-state index in [2.05, 4.69) is 22.9 Å². The highest BCUT2D eigenvalue weighted by Gasteiger charge is 2.43. The number of aliphatic hydroxyl groups excluding tert-OH is 1. The van der Waals surface area contributed by atoms with Crippen molar-refractivity contribution in [3.63, 3.8) is 0 Å². The van der Waals surface area contributed by atoms with E-state index in [1.54, 1.807) is 37.8 Å². The maximum absolute atomic E-state index is 14.6. The maximum Gasteiger partial charge on any atom is 0.410 e. The molecule has 0 radical (unpaired) electrons. The van der Waals surface area contributed by atoms with Gasteiger partial charge in [0.05, 0.1) is 48.8 Å². The first-order valence-electron chi connectivity index (χ1n) is 24.4. The van der Waals surface area contributed by atoms with Gasteiger partial charge in [0, 0.05) is 47.6 Å². The third-order valence-corrected chi connectivity index (χ3v) is 13.7. The molecule has 1 aliphatic rings. The number of amides is 5. The Balaban J connectivity index is 1.73. The van der Waals surface area contributed by atoms with E-state index in [-0.39, 0.29) is 54.5 Å². The van der Waals surface area contributed by atoms with Crippen molar-refractivity contribution in [3.05, 3.63) is 65.2 Å². The molecule has 15 heteroatoms. The Morgan fingerprint density at radius 2 is 1.45 bits per heavy atom. The van der Waals surface area contributed by atoms with Crippen LogP contribution in [-0.2, 0) is 46.4 Å². The van der Waals surface area contributed by atoms with Gasteiger partial charge in [-0.05, 0) is 79.2 Å². The molecule has 67 heavy (non-hydrogen) atoms. The molecule has 0 spiro atoms. The molecule has 1 saturated heterocycles. The summed E-state index contributed by atoms with van der Waals surface area (Å²) in [6, 6.07) is 11.9. The van der Waals surface area contributed by atoms with Gasteiger partial charge in [-0.2, -0.15) is 0 Å². The zero-order chi connectivity index (χ0) is 50.1. The fourth-order valence-electron chi connectivity index (χ4n) is 9.32. The Labute approximate surface area is 401 Å². The van der Waals surface area contributed by atoms with Crippen LogP contribution >= 0.6 is 0 Å². The van der Waals surface area contributed by atoms with Crippen LogP contribution in [0.1, 0.15) is 124 Å². The Kier molecular flexibility index (Phi) is 23.1. The third-order valence-electron chi connectivity index (χ3n) is 13.7. The predicted octanol–water partition coefficient (Wildman–Crippen LogP) is 6.96. The number of ether oxygens (including phenoxy) is 3. The fourth-order valence-corrected chi connectivity index (χ4v) is 9.32. The van der Waals surface area contributed by atoms with Gasteiger partial charge in [0.2, 0.25) is 23.6 Å². The predicted molar refractivity (Wildman–Crippen MR) is 263 cm³/mol. The number of hydrogen-bond donors (Lipinski definition) is 4. The number of carbonyl (C=O) groups excluding carboxylic acids is 5. The molecule has 15 nitrogen and oxygen atoms in total. The smallest absolute Gasteiger partial charge is 0.410 e. The summed E-state index contributed by atoms with van der Waals surface area (Å²) in [7, 11) is 8.11. The van der Waals surface area contributed by atoms with E-state index >= 15 is 0 Å². The quantitative estimate of drug-likeness (QED) is 0.0771. The molecule has 1 fully saturated rings. The molecule has 10 atom stereocenters. The van der Waals surface area contributed by atoms with Crippen molar-refractivity contribution in [1.29, 1.82) is 0 Å². The highest BCUT2D eigenvalue weighted by atomic mass is 16.6. The molecule has 4 N–H and O–H groups in total. The summed E-state index contributed by atoms with van der Waals surface area (Å²) in [5, 5.41) is 20.2. The van der Waals surface area contributed by atoms with Gasteiger partial charge in [-0.3, -0.25) is 24.1 Å². The highest BCUT2D eigenvalue weighted by Crippen LogP contribution is 2.30. The summed E-state index contributed by atoms with van der Waals surface area (Å²) in [5.41, 5.74) is 3.65. The van der Waals surface area contributed by atoms with E-state index in [4.69, 9.17) is 14.2 Å². The van der Waals surface area contributed by atoms with Gasteiger partial charge in [-0.25, -0.2) is 4.79 Å². The van der Waals surface area contributed by atoms with Crippen molar-refractivity contribution in [3.8, 4) is 0 Å². The van der Waals surface area contributed by atoms with E-state index in [9.17, 15) is 29.1 Å². The van der Waals surface area contributed by atoms with Crippen LogP contribution in [-0.4, -0.2) is 134 Å². The lowest BCUT2D eigenvalue weighted by atomic mass is 9.89. The number of carbonyl (C=O) groups is 5. The van der Waals surface area contributed by atoms with Crippen LogP contribution in [0, 0.1) is 23.7 Å². The molecule has 0 aromatic heterocycles. The molecule has 2 aromatic carbocycles. The van der Waals surface area contributed by atoms with Crippen LogP contribution in [0.25, 0.3) is 0 Å². The number of likely N-dealkylation sites (tertiary alicyclic amines) is 1. The molecule has 1 heterocycles. The average molecular weight is 937 g/mol. The van der Waals surface area contributed by atoms with Gasteiger partial charge < -0.3 is 45.1 Å². The molecule has 0 unspecified atom stereocenters. The Hall–Kier alpha value is -4.73. The van der Waals surface area contributed by atoms with Crippen molar-refractivity contribution in [1.82, 2.24) is 25.3 Å². The molecular weight excluding hydrogens is 853 g/mol. The summed E-state index contributed by atoms with van der Waals surface area (Å²) in [4.78, 5) is 74.7. The first kappa shape index (κ1) is 56.6. The lowest BCUT2D eigenvalue weighted by Gasteiger charge is -2.41. The number of unbranched alkanes of at least 4 members (excludes halogenated alkanes) is 1. The number of aliphatic hydroxyl groups is 1. The molecule has 2 aromatic rings. The summed E-state index contributed by atoms with van der Waals surface area (Å²) in [6.45, 7) is 17.6. The fraction of sp³-hybridized carbons (Fsp3) is 0.673. The zero-order valence-electron chi connectivity index (χ0n) is 43.0.